The van der Waals surface area contributed by atoms with E-state index in [0.717, 1.165) is 35.4 Å². The Morgan fingerprint density at radius 1 is 1.07 bits per heavy atom. The van der Waals surface area contributed by atoms with Crippen LogP contribution in [0.1, 0.15) is 22.3 Å². The molecule has 0 bridgehead atoms. The Kier molecular flexibility index (Phi) is 5.69. The molecule has 1 heterocycles. The van der Waals surface area contributed by atoms with Crippen molar-refractivity contribution in [1.29, 1.82) is 0 Å². The lowest BCUT2D eigenvalue weighted by atomic mass is 9.96. The maximum absolute atomic E-state index is 12.4. The summed E-state index contributed by atoms with van der Waals surface area (Å²) in [7, 11) is 3.22. The molecule has 2 aromatic carbocycles. The van der Waals surface area contributed by atoms with Crippen LogP contribution in [0.15, 0.2) is 36.4 Å². The highest BCUT2D eigenvalue weighted by atomic mass is 16.5. The number of rotatable bonds is 6. The number of hydrogen-bond acceptors (Lipinski definition) is 5. The van der Waals surface area contributed by atoms with Crippen molar-refractivity contribution in [2.24, 2.45) is 0 Å². The van der Waals surface area contributed by atoms with Gasteiger partial charge in [0.25, 0.3) is 0 Å². The number of carbonyl (C=O) groups excluding carboxylic acids is 1. The summed E-state index contributed by atoms with van der Waals surface area (Å²) in [4.78, 5) is 12.4. The Bertz CT molecular complexity index is 886. The van der Waals surface area contributed by atoms with Crippen molar-refractivity contribution in [1.82, 2.24) is 5.32 Å². The predicted molar refractivity (Wildman–Crippen MR) is 106 cm³/mol. The monoisotopic (exact) mass is 367 g/mol. The highest BCUT2D eigenvalue weighted by molar-refractivity contribution is 5.98. The van der Waals surface area contributed by atoms with Gasteiger partial charge >= 0.3 is 0 Å². The Morgan fingerprint density at radius 2 is 1.81 bits per heavy atom. The molecule has 0 spiro atoms. The zero-order valence-electron chi connectivity index (χ0n) is 16.2. The van der Waals surface area contributed by atoms with Gasteiger partial charge in [0.05, 0.1) is 14.2 Å². The minimum Gasteiger partial charge on any atom is -0.493 e. The summed E-state index contributed by atoms with van der Waals surface area (Å²) in [5, 5.41) is 3.30. The number of ether oxygens (including phenoxy) is 3. The molecule has 0 saturated heterocycles. The number of fused-ring (bicyclic) bond motifs is 1. The number of benzene rings is 2. The molecule has 0 amide bonds. The van der Waals surface area contributed by atoms with Crippen LogP contribution >= 0.6 is 0 Å². The van der Waals surface area contributed by atoms with E-state index in [-0.39, 0.29) is 12.4 Å². The summed E-state index contributed by atoms with van der Waals surface area (Å²) in [6, 6.07) is 9.70. The smallest absolute Gasteiger partial charge is 0.195 e. The molecule has 3 rings (SSSR count). The third kappa shape index (κ3) is 4.25. The molecule has 0 unspecified atom stereocenters. The van der Waals surface area contributed by atoms with Crippen LogP contribution in [0.3, 0.4) is 0 Å². The Labute approximate surface area is 159 Å². The summed E-state index contributed by atoms with van der Waals surface area (Å²) < 4.78 is 16.4. The first kappa shape index (κ1) is 18.8. The summed E-state index contributed by atoms with van der Waals surface area (Å²) in [5.41, 5.74) is 5.20. The molecule has 0 atom stereocenters. The van der Waals surface area contributed by atoms with Gasteiger partial charge in [-0.1, -0.05) is 6.07 Å². The fourth-order valence-corrected chi connectivity index (χ4v) is 3.10. The van der Waals surface area contributed by atoms with Crippen LogP contribution in [-0.4, -0.2) is 33.2 Å². The van der Waals surface area contributed by atoms with Gasteiger partial charge in [0, 0.05) is 23.9 Å². The third-order valence-electron chi connectivity index (χ3n) is 4.77. The van der Waals surface area contributed by atoms with E-state index in [4.69, 9.17) is 14.2 Å². The first-order valence-corrected chi connectivity index (χ1v) is 8.95. The molecule has 0 radical (unpaired) electrons. The van der Waals surface area contributed by atoms with E-state index in [1.165, 1.54) is 5.56 Å². The van der Waals surface area contributed by atoms with E-state index >= 15 is 0 Å². The van der Waals surface area contributed by atoms with E-state index in [1.54, 1.807) is 20.3 Å². The second-order valence-corrected chi connectivity index (χ2v) is 6.60. The van der Waals surface area contributed by atoms with Crippen molar-refractivity contribution in [3.63, 3.8) is 0 Å². The fourth-order valence-electron chi connectivity index (χ4n) is 3.10. The zero-order valence-corrected chi connectivity index (χ0v) is 16.2. The normalized spacial score (nSPS) is 14.3. The second-order valence-electron chi connectivity index (χ2n) is 6.60. The maximum atomic E-state index is 12.4. The minimum atomic E-state index is -0.0987. The lowest BCUT2D eigenvalue weighted by Crippen LogP contribution is -2.24. The molecule has 5 heteroatoms. The van der Waals surface area contributed by atoms with Crippen molar-refractivity contribution in [3.05, 3.63) is 58.7 Å². The molecule has 1 aliphatic heterocycles. The van der Waals surface area contributed by atoms with Gasteiger partial charge in [0.1, 0.15) is 5.75 Å². The molecule has 0 aliphatic carbocycles. The SMILES string of the molecule is COc1cc2c(cc1OC)/C(=C/C(=O)COc1ccc(C)c(C)c1)NCC2. The number of methoxy groups -OCH3 is 2. The molecule has 142 valence electrons. The first-order chi connectivity index (χ1) is 13.0. The van der Waals surface area contributed by atoms with Gasteiger partial charge in [-0.25, -0.2) is 0 Å². The second kappa shape index (κ2) is 8.16. The predicted octanol–water partition coefficient (Wildman–Crippen LogP) is 3.46. The van der Waals surface area contributed by atoms with Crippen molar-refractivity contribution >= 4 is 11.5 Å². The molecule has 1 aliphatic rings. The van der Waals surface area contributed by atoms with Crippen LogP contribution in [0.5, 0.6) is 17.2 Å². The average molecular weight is 367 g/mol. The van der Waals surface area contributed by atoms with Crippen molar-refractivity contribution in [2.75, 3.05) is 27.4 Å². The Balaban J connectivity index is 1.77. The van der Waals surface area contributed by atoms with Gasteiger partial charge in [0.15, 0.2) is 23.9 Å². The first-order valence-electron chi connectivity index (χ1n) is 8.95. The van der Waals surface area contributed by atoms with Crippen LogP contribution in [0.25, 0.3) is 5.70 Å². The number of carbonyl (C=O) groups is 1. The van der Waals surface area contributed by atoms with E-state index in [9.17, 15) is 4.79 Å². The molecule has 5 nitrogen and oxygen atoms in total. The van der Waals surface area contributed by atoms with E-state index in [1.807, 2.05) is 44.2 Å². The highest BCUT2D eigenvalue weighted by Gasteiger charge is 2.19. The van der Waals surface area contributed by atoms with Gasteiger partial charge in [-0.05, 0) is 61.2 Å². The Hall–Kier alpha value is -2.95. The topological polar surface area (TPSA) is 56.8 Å². The van der Waals surface area contributed by atoms with Crippen LogP contribution in [0.2, 0.25) is 0 Å². The van der Waals surface area contributed by atoms with Gasteiger partial charge < -0.3 is 19.5 Å². The van der Waals surface area contributed by atoms with Crippen LogP contribution in [0.4, 0.5) is 0 Å². The molecular formula is C22H25NO4. The van der Waals surface area contributed by atoms with Crippen molar-refractivity contribution < 1.29 is 19.0 Å². The third-order valence-corrected chi connectivity index (χ3v) is 4.77. The Morgan fingerprint density at radius 3 is 2.52 bits per heavy atom. The van der Waals surface area contributed by atoms with Gasteiger partial charge in [-0.2, -0.15) is 0 Å². The zero-order chi connectivity index (χ0) is 19.4. The molecule has 0 fully saturated rings. The molecular weight excluding hydrogens is 342 g/mol. The summed E-state index contributed by atoms with van der Waals surface area (Å²) >= 11 is 0. The van der Waals surface area contributed by atoms with Crippen molar-refractivity contribution in [2.45, 2.75) is 20.3 Å². The molecule has 0 aromatic heterocycles. The van der Waals surface area contributed by atoms with Crippen LogP contribution in [0, 0.1) is 13.8 Å². The summed E-state index contributed by atoms with van der Waals surface area (Å²) in [5.74, 6) is 1.94. The maximum Gasteiger partial charge on any atom is 0.195 e. The fraction of sp³-hybridized carbons (Fsp3) is 0.318. The minimum absolute atomic E-state index is 0.00367. The van der Waals surface area contributed by atoms with Crippen LogP contribution < -0.4 is 19.5 Å². The number of nitrogens with one attached hydrogen (secondary N) is 1. The lowest BCUT2D eigenvalue weighted by molar-refractivity contribution is -0.116. The summed E-state index contributed by atoms with van der Waals surface area (Å²) in [6.07, 6.45) is 2.46. The molecule has 1 N–H and O–H groups in total. The van der Waals surface area contributed by atoms with E-state index in [0.29, 0.717) is 17.2 Å². The quantitative estimate of drug-likeness (QED) is 0.793. The molecule has 2 aromatic rings. The van der Waals surface area contributed by atoms with E-state index < -0.39 is 0 Å². The van der Waals surface area contributed by atoms with Crippen molar-refractivity contribution in [3.8, 4) is 17.2 Å². The highest BCUT2D eigenvalue weighted by Crippen LogP contribution is 2.34. The standard InChI is InChI=1S/C22H25NO4/c1-14-5-6-18(9-15(14)2)27-13-17(24)11-20-19-12-22(26-4)21(25-3)10-16(19)7-8-23-20/h5-6,9-12,23H,7-8,13H2,1-4H3/b20-11-. The molecule has 0 saturated carbocycles. The lowest BCUT2D eigenvalue weighted by Gasteiger charge is -2.23. The summed E-state index contributed by atoms with van der Waals surface area (Å²) in [6.45, 7) is 4.83. The van der Waals surface area contributed by atoms with Gasteiger partial charge in [-0.3, -0.25) is 4.79 Å². The van der Waals surface area contributed by atoms with E-state index in [2.05, 4.69) is 5.32 Å². The number of hydrogen-bond donors (Lipinski definition) is 1. The largest absolute Gasteiger partial charge is 0.493 e. The van der Waals surface area contributed by atoms with Gasteiger partial charge in [-0.15, -0.1) is 0 Å². The number of aryl methyl sites for hydroxylation is 2. The number of ketones is 1. The van der Waals surface area contributed by atoms with Gasteiger partial charge in [0.2, 0.25) is 0 Å². The average Bonchev–Trinajstić information content (AvgIpc) is 2.68. The van der Waals surface area contributed by atoms with Crippen LogP contribution in [-0.2, 0) is 11.2 Å². The molecule has 27 heavy (non-hydrogen) atoms.